The molecule has 0 spiro atoms. The van der Waals surface area contributed by atoms with E-state index >= 15 is 0 Å². The van der Waals surface area contributed by atoms with Crippen molar-refractivity contribution in [2.75, 3.05) is 32.8 Å². The van der Waals surface area contributed by atoms with Gasteiger partial charge in [-0.25, -0.2) is 9.69 Å². The van der Waals surface area contributed by atoms with Crippen molar-refractivity contribution in [1.82, 2.24) is 9.80 Å². The number of hydrogen-bond donors (Lipinski definition) is 0. The lowest BCUT2D eigenvalue weighted by Crippen LogP contribution is -2.31. The highest BCUT2D eigenvalue weighted by molar-refractivity contribution is 5.97. The van der Waals surface area contributed by atoms with Crippen molar-refractivity contribution < 1.29 is 14.3 Å². The molecule has 0 N–H and O–H groups in total. The van der Waals surface area contributed by atoms with E-state index in [1.807, 2.05) is 0 Å². The number of unbranched alkanes of at least 4 members (excludes halogenated alkanes) is 3. The quantitative estimate of drug-likeness (QED) is 0.547. The molecule has 1 rings (SSSR count). The summed E-state index contributed by atoms with van der Waals surface area (Å²) in [6.07, 6.45) is 6.30. The van der Waals surface area contributed by atoms with Crippen LogP contribution in [0.3, 0.4) is 0 Å². The number of carbonyl (C=O) groups is 2. The number of ether oxygens (including phenoxy) is 1. The van der Waals surface area contributed by atoms with Crippen molar-refractivity contribution in [3.63, 3.8) is 0 Å². The maximum Gasteiger partial charge on any atom is 0.417 e. The molecule has 1 aliphatic rings. The molecule has 20 heavy (non-hydrogen) atoms. The summed E-state index contributed by atoms with van der Waals surface area (Å²) in [6.45, 7) is 8.19. The van der Waals surface area contributed by atoms with Crippen LogP contribution < -0.4 is 0 Å². The number of imide groups is 1. The lowest BCUT2D eigenvalue weighted by Gasteiger charge is -2.22. The number of rotatable bonds is 11. The minimum absolute atomic E-state index is 0.0854. The molecule has 0 aromatic carbocycles. The summed E-state index contributed by atoms with van der Waals surface area (Å²) in [5.41, 5.74) is 0. The molecule has 0 bridgehead atoms. The zero-order chi connectivity index (χ0) is 14.8. The van der Waals surface area contributed by atoms with Gasteiger partial charge in [0.25, 0.3) is 5.91 Å². The largest absolute Gasteiger partial charge is 0.439 e. The average molecular weight is 284 g/mol. The van der Waals surface area contributed by atoms with Crippen LogP contribution in [0.1, 0.15) is 52.4 Å². The molecule has 116 valence electrons. The van der Waals surface area contributed by atoms with E-state index < -0.39 is 6.09 Å². The van der Waals surface area contributed by atoms with Crippen molar-refractivity contribution in [2.45, 2.75) is 52.4 Å². The van der Waals surface area contributed by atoms with Gasteiger partial charge in [0.05, 0.1) is 0 Å². The first-order valence-corrected chi connectivity index (χ1v) is 7.88. The van der Waals surface area contributed by atoms with Crippen LogP contribution in [0.15, 0.2) is 0 Å². The minimum Gasteiger partial charge on any atom is -0.439 e. The van der Waals surface area contributed by atoms with Gasteiger partial charge in [-0.1, -0.05) is 26.7 Å². The molecule has 1 aliphatic heterocycles. The second-order valence-electron chi connectivity index (χ2n) is 5.36. The minimum atomic E-state index is -0.483. The van der Waals surface area contributed by atoms with E-state index in [1.165, 1.54) is 30.6 Å². The molecule has 1 heterocycles. The third-order valence-corrected chi connectivity index (χ3v) is 3.60. The van der Waals surface area contributed by atoms with Crippen LogP contribution in [0, 0.1) is 0 Å². The monoisotopic (exact) mass is 284 g/mol. The molecule has 1 fully saturated rings. The lowest BCUT2D eigenvalue weighted by atomic mass is 10.2. The number of nitrogens with zero attached hydrogens (tertiary/aromatic N) is 2. The van der Waals surface area contributed by atoms with Crippen LogP contribution in [0.25, 0.3) is 0 Å². The Kier molecular flexibility index (Phi) is 8.26. The van der Waals surface area contributed by atoms with Crippen LogP contribution in [0.2, 0.25) is 0 Å². The van der Waals surface area contributed by atoms with E-state index in [4.69, 9.17) is 0 Å². The van der Waals surface area contributed by atoms with Crippen LogP contribution in [-0.2, 0) is 9.53 Å². The summed E-state index contributed by atoms with van der Waals surface area (Å²) >= 11 is 0. The van der Waals surface area contributed by atoms with Gasteiger partial charge in [-0.3, -0.25) is 4.79 Å². The van der Waals surface area contributed by atoms with Crippen LogP contribution in [-0.4, -0.2) is 54.6 Å². The Labute approximate surface area is 122 Å². The molecule has 0 aromatic heterocycles. The van der Waals surface area contributed by atoms with E-state index in [-0.39, 0.29) is 12.5 Å². The number of carbonyl (C=O) groups excluding carboxylic acids is 2. The first-order chi connectivity index (χ1) is 9.69. The van der Waals surface area contributed by atoms with E-state index in [9.17, 15) is 9.59 Å². The maximum atomic E-state index is 11.4. The smallest absolute Gasteiger partial charge is 0.417 e. The summed E-state index contributed by atoms with van der Waals surface area (Å²) in [5, 5.41) is 0. The van der Waals surface area contributed by atoms with Gasteiger partial charge >= 0.3 is 6.09 Å². The first kappa shape index (κ1) is 17.0. The Morgan fingerprint density at radius 1 is 1.00 bits per heavy atom. The van der Waals surface area contributed by atoms with Crippen molar-refractivity contribution >= 4 is 12.0 Å². The molecule has 5 heteroatoms. The zero-order valence-electron chi connectivity index (χ0n) is 12.9. The van der Waals surface area contributed by atoms with E-state index in [0.717, 1.165) is 32.5 Å². The Balaban J connectivity index is 2.18. The normalized spacial score (nSPS) is 15.2. The molecule has 0 aliphatic carbocycles. The highest BCUT2D eigenvalue weighted by Crippen LogP contribution is 2.08. The van der Waals surface area contributed by atoms with Gasteiger partial charge in [0.1, 0.15) is 0 Å². The van der Waals surface area contributed by atoms with Gasteiger partial charge in [-0.05, 0) is 45.3 Å². The second kappa shape index (κ2) is 9.75. The van der Waals surface area contributed by atoms with Gasteiger partial charge in [0.2, 0.25) is 0 Å². The highest BCUT2D eigenvalue weighted by Gasteiger charge is 2.30. The average Bonchev–Trinajstić information content (AvgIpc) is 2.76. The SMILES string of the molecule is CCCCN(CCCC)CCCCN1C(=O)COC1=O. The molecule has 2 amide bonds. The second-order valence-corrected chi connectivity index (χ2v) is 5.36. The van der Waals surface area contributed by atoms with Crippen LogP contribution in [0.5, 0.6) is 0 Å². The molecular weight excluding hydrogens is 256 g/mol. The topological polar surface area (TPSA) is 49.9 Å². The summed E-state index contributed by atoms with van der Waals surface area (Å²) in [6, 6.07) is 0. The number of amides is 2. The Morgan fingerprint density at radius 2 is 1.60 bits per heavy atom. The third-order valence-electron chi connectivity index (χ3n) is 3.60. The van der Waals surface area contributed by atoms with Crippen molar-refractivity contribution in [3.8, 4) is 0 Å². The molecule has 0 aromatic rings. The maximum absolute atomic E-state index is 11.4. The third kappa shape index (κ3) is 5.90. The fourth-order valence-corrected chi connectivity index (χ4v) is 2.30. The first-order valence-electron chi connectivity index (χ1n) is 7.88. The van der Waals surface area contributed by atoms with E-state index in [2.05, 4.69) is 23.5 Å². The van der Waals surface area contributed by atoms with E-state index in [1.54, 1.807) is 0 Å². The Bertz CT molecular complexity index is 283. The van der Waals surface area contributed by atoms with Gasteiger partial charge in [-0.15, -0.1) is 0 Å². The zero-order valence-corrected chi connectivity index (χ0v) is 12.9. The van der Waals surface area contributed by atoms with Crippen LogP contribution >= 0.6 is 0 Å². The molecular formula is C15H28N2O3. The molecule has 1 saturated heterocycles. The fraction of sp³-hybridized carbons (Fsp3) is 0.867. The van der Waals surface area contributed by atoms with Gasteiger partial charge in [0.15, 0.2) is 6.61 Å². The summed E-state index contributed by atoms with van der Waals surface area (Å²) in [4.78, 5) is 26.4. The van der Waals surface area contributed by atoms with Crippen LogP contribution in [0.4, 0.5) is 4.79 Å². The highest BCUT2D eigenvalue weighted by atomic mass is 16.6. The summed E-state index contributed by atoms with van der Waals surface area (Å²) < 4.78 is 4.69. The van der Waals surface area contributed by atoms with Crippen molar-refractivity contribution in [2.24, 2.45) is 0 Å². The van der Waals surface area contributed by atoms with Gasteiger partial charge < -0.3 is 9.64 Å². The molecule has 0 saturated carbocycles. The fourth-order valence-electron chi connectivity index (χ4n) is 2.30. The molecule has 5 nitrogen and oxygen atoms in total. The predicted molar refractivity (Wildman–Crippen MR) is 78.6 cm³/mol. The van der Waals surface area contributed by atoms with E-state index in [0.29, 0.717) is 6.54 Å². The Hall–Kier alpha value is -1.10. The number of cyclic esters (lactones) is 1. The number of hydrogen-bond acceptors (Lipinski definition) is 4. The van der Waals surface area contributed by atoms with Crippen molar-refractivity contribution in [1.29, 1.82) is 0 Å². The van der Waals surface area contributed by atoms with Crippen molar-refractivity contribution in [3.05, 3.63) is 0 Å². The predicted octanol–water partition coefficient (Wildman–Crippen LogP) is 2.65. The summed E-state index contributed by atoms with van der Waals surface area (Å²) in [7, 11) is 0. The molecule has 0 atom stereocenters. The van der Waals surface area contributed by atoms with Gasteiger partial charge in [-0.2, -0.15) is 0 Å². The summed E-state index contributed by atoms with van der Waals surface area (Å²) in [5.74, 6) is -0.205. The lowest BCUT2D eigenvalue weighted by molar-refractivity contribution is -0.125. The standard InChI is InChI=1S/C15H28N2O3/c1-3-5-9-16(10-6-4-2)11-7-8-12-17-14(18)13-20-15(17)19/h3-13H2,1-2H3. The molecule has 0 radical (unpaired) electrons. The Morgan fingerprint density at radius 3 is 2.10 bits per heavy atom. The van der Waals surface area contributed by atoms with Gasteiger partial charge in [0, 0.05) is 6.54 Å². The molecule has 0 unspecified atom stereocenters.